The third-order valence-corrected chi connectivity index (χ3v) is 1.65. The first-order chi connectivity index (χ1) is 6.09. The minimum Gasteiger partial charge on any atom is -0.388 e. The van der Waals surface area contributed by atoms with E-state index in [1.165, 1.54) is 24.3 Å². The summed E-state index contributed by atoms with van der Waals surface area (Å²) >= 11 is 0. The predicted octanol–water partition coefficient (Wildman–Crippen LogP) is 0.734. The van der Waals surface area contributed by atoms with Crippen LogP contribution in [0.3, 0.4) is 0 Å². The maximum absolute atomic E-state index is 12.4. The van der Waals surface area contributed by atoms with E-state index in [9.17, 15) is 14.3 Å². The van der Waals surface area contributed by atoms with Gasteiger partial charge in [0.2, 0.25) is 5.91 Å². The molecule has 0 saturated carbocycles. The molecule has 0 fully saturated rings. The first kappa shape index (κ1) is 9.67. The Hall–Kier alpha value is -1.42. The minimum atomic E-state index is -0.946. The normalized spacial score (nSPS) is 12.5. The monoisotopic (exact) mass is 183 g/mol. The zero-order valence-electron chi connectivity index (χ0n) is 6.90. The number of amides is 1. The second kappa shape index (κ2) is 4.00. The van der Waals surface area contributed by atoms with Crippen molar-refractivity contribution in [2.24, 2.45) is 5.73 Å². The van der Waals surface area contributed by atoms with Crippen LogP contribution >= 0.6 is 0 Å². The van der Waals surface area contributed by atoms with Gasteiger partial charge in [0.1, 0.15) is 5.82 Å². The van der Waals surface area contributed by atoms with Gasteiger partial charge in [-0.1, -0.05) is 12.1 Å². The Labute approximate surface area is 75.0 Å². The number of hydrogen-bond acceptors (Lipinski definition) is 2. The van der Waals surface area contributed by atoms with Gasteiger partial charge in [0.05, 0.1) is 12.5 Å². The SMILES string of the molecule is NC(=O)CC(O)c1ccc(F)cc1. The van der Waals surface area contributed by atoms with Gasteiger partial charge in [0.25, 0.3) is 0 Å². The molecule has 0 bridgehead atoms. The molecule has 3 N–H and O–H groups in total. The van der Waals surface area contributed by atoms with Gasteiger partial charge in [-0.15, -0.1) is 0 Å². The van der Waals surface area contributed by atoms with Crippen molar-refractivity contribution in [2.75, 3.05) is 0 Å². The summed E-state index contributed by atoms with van der Waals surface area (Å²) in [5, 5.41) is 9.36. The summed E-state index contributed by atoms with van der Waals surface area (Å²) < 4.78 is 12.4. The standard InChI is InChI=1S/C9H10FNO2/c10-7-3-1-6(2-4-7)8(12)5-9(11)13/h1-4,8,12H,5H2,(H2,11,13). The van der Waals surface area contributed by atoms with E-state index in [1.54, 1.807) is 0 Å². The summed E-state index contributed by atoms with van der Waals surface area (Å²) in [4.78, 5) is 10.4. The number of rotatable bonds is 3. The molecule has 0 aliphatic rings. The summed E-state index contributed by atoms with van der Waals surface area (Å²) in [6.45, 7) is 0. The summed E-state index contributed by atoms with van der Waals surface area (Å²) in [7, 11) is 0. The molecule has 1 rings (SSSR count). The molecule has 0 aliphatic carbocycles. The largest absolute Gasteiger partial charge is 0.388 e. The highest BCUT2D eigenvalue weighted by molar-refractivity contribution is 5.74. The number of halogens is 1. The first-order valence-electron chi connectivity index (χ1n) is 3.81. The molecule has 13 heavy (non-hydrogen) atoms. The van der Waals surface area contributed by atoms with Crippen molar-refractivity contribution in [3.63, 3.8) is 0 Å². The molecule has 0 aromatic heterocycles. The van der Waals surface area contributed by atoms with Gasteiger partial charge in [-0.25, -0.2) is 4.39 Å². The number of nitrogens with two attached hydrogens (primary N) is 1. The van der Waals surface area contributed by atoms with Crippen molar-refractivity contribution >= 4 is 5.91 Å². The summed E-state index contributed by atoms with van der Waals surface area (Å²) in [5.41, 5.74) is 5.37. The number of primary amides is 1. The van der Waals surface area contributed by atoms with Crippen LogP contribution in [0.1, 0.15) is 18.1 Å². The number of carbonyl (C=O) groups excluding carboxylic acids is 1. The number of carbonyl (C=O) groups is 1. The molecule has 4 heteroatoms. The van der Waals surface area contributed by atoms with Gasteiger partial charge in [-0.05, 0) is 17.7 Å². The Morgan fingerprint density at radius 1 is 1.46 bits per heavy atom. The Balaban J connectivity index is 2.71. The molecule has 70 valence electrons. The van der Waals surface area contributed by atoms with E-state index in [0.29, 0.717) is 5.56 Å². The fraction of sp³-hybridized carbons (Fsp3) is 0.222. The van der Waals surface area contributed by atoms with E-state index in [1.807, 2.05) is 0 Å². The van der Waals surface area contributed by atoms with Crippen molar-refractivity contribution in [3.8, 4) is 0 Å². The Morgan fingerprint density at radius 2 is 2.00 bits per heavy atom. The van der Waals surface area contributed by atoms with Crippen LogP contribution in [0, 0.1) is 5.82 Å². The first-order valence-corrected chi connectivity index (χ1v) is 3.81. The van der Waals surface area contributed by atoms with Gasteiger partial charge in [0.15, 0.2) is 0 Å². The second-order valence-corrected chi connectivity index (χ2v) is 2.74. The number of hydrogen-bond donors (Lipinski definition) is 2. The van der Waals surface area contributed by atoms with E-state index in [-0.39, 0.29) is 12.2 Å². The van der Waals surface area contributed by atoms with E-state index in [2.05, 4.69) is 0 Å². The Kier molecular flexibility index (Phi) is 2.97. The number of aliphatic hydroxyl groups is 1. The molecule has 1 atom stereocenters. The van der Waals surface area contributed by atoms with Crippen LogP contribution in [-0.2, 0) is 4.79 Å². The molecule has 1 aromatic rings. The predicted molar refractivity (Wildman–Crippen MR) is 45.2 cm³/mol. The average molecular weight is 183 g/mol. The molecule has 1 aromatic carbocycles. The van der Waals surface area contributed by atoms with Crippen LogP contribution in [0.5, 0.6) is 0 Å². The zero-order chi connectivity index (χ0) is 9.84. The van der Waals surface area contributed by atoms with E-state index in [0.717, 1.165) is 0 Å². The highest BCUT2D eigenvalue weighted by Crippen LogP contribution is 2.15. The van der Waals surface area contributed by atoms with E-state index in [4.69, 9.17) is 5.73 Å². The lowest BCUT2D eigenvalue weighted by molar-refractivity contribution is -0.119. The fourth-order valence-electron chi connectivity index (χ4n) is 0.993. The van der Waals surface area contributed by atoms with Crippen LogP contribution in [-0.4, -0.2) is 11.0 Å². The minimum absolute atomic E-state index is 0.147. The summed E-state index contributed by atoms with van der Waals surface area (Å²) in [6, 6.07) is 5.28. The summed E-state index contributed by atoms with van der Waals surface area (Å²) in [5.74, 6) is -0.966. The quantitative estimate of drug-likeness (QED) is 0.725. The van der Waals surface area contributed by atoms with Crippen molar-refractivity contribution in [1.29, 1.82) is 0 Å². The fourth-order valence-corrected chi connectivity index (χ4v) is 0.993. The molecule has 0 radical (unpaired) electrons. The third kappa shape index (κ3) is 2.83. The highest BCUT2D eigenvalue weighted by atomic mass is 19.1. The summed E-state index contributed by atoms with van der Waals surface area (Å²) in [6.07, 6.45) is -1.09. The Morgan fingerprint density at radius 3 is 2.46 bits per heavy atom. The van der Waals surface area contributed by atoms with Crippen molar-refractivity contribution in [1.82, 2.24) is 0 Å². The molecule has 0 saturated heterocycles. The van der Waals surface area contributed by atoms with Gasteiger partial charge >= 0.3 is 0 Å². The number of benzene rings is 1. The molecule has 1 unspecified atom stereocenters. The highest BCUT2D eigenvalue weighted by Gasteiger charge is 2.09. The van der Waals surface area contributed by atoms with Crippen LogP contribution in [0.25, 0.3) is 0 Å². The van der Waals surface area contributed by atoms with Crippen LogP contribution in [0.2, 0.25) is 0 Å². The topological polar surface area (TPSA) is 63.3 Å². The van der Waals surface area contributed by atoms with Crippen molar-refractivity contribution in [2.45, 2.75) is 12.5 Å². The maximum atomic E-state index is 12.4. The molecule has 0 heterocycles. The molecule has 3 nitrogen and oxygen atoms in total. The third-order valence-electron chi connectivity index (χ3n) is 1.65. The molecular formula is C9H10FNO2. The van der Waals surface area contributed by atoms with Gasteiger partial charge in [-0.2, -0.15) is 0 Å². The lowest BCUT2D eigenvalue weighted by Crippen LogP contribution is -2.14. The lowest BCUT2D eigenvalue weighted by atomic mass is 10.1. The van der Waals surface area contributed by atoms with Crippen LogP contribution < -0.4 is 5.73 Å². The molecule has 0 spiro atoms. The van der Waals surface area contributed by atoms with Gasteiger partial charge in [0, 0.05) is 0 Å². The van der Waals surface area contributed by atoms with Gasteiger partial charge in [-0.3, -0.25) is 4.79 Å². The smallest absolute Gasteiger partial charge is 0.220 e. The molecule has 1 amide bonds. The van der Waals surface area contributed by atoms with Crippen molar-refractivity contribution < 1.29 is 14.3 Å². The lowest BCUT2D eigenvalue weighted by Gasteiger charge is -2.07. The van der Waals surface area contributed by atoms with Gasteiger partial charge < -0.3 is 10.8 Å². The van der Waals surface area contributed by atoms with E-state index < -0.39 is 12.0 Å². The van der Waals surface area contributed by atoms with E-state index >= 15 is 0 Å². The Bertz CT molecular complexity index is 297. The average Bonchev–Trinajstić information content (AvgIpc) is 2.04. The van der Waals surface area contributed by atoms with Crippen LogP contribution in [0.15, 0.2) is 24.3 Å². The van der Waals surface area contributed by atoms with Crippen LogP contribution in [0.4, 0.5) is 4.39 Å². The van der Waals surface area contributed by atoms with Crippen molar-refractivity contribution in [3.05, 3.63) is 35.6 Å². The zero-order valence-corrected chi connectivity index (χ0v) is 6.90. The molecule has 0 aliphatic heterocycles. The maximum Gasteiger partial charge on any atom is 0.220 e. The molecular weight excluding hydrogens is 173 g/mol. The number of aliphatic hydroxyl groups excluding tert-OH is 1. The second-order valence-electron chi connectivity index (χ2n) is 2.74.